The van der Waals surface area contributed by atoms with Crippen molar-refractivity contribution in [3.63, 3.8) is 0 Å². The first-order valence-electron chi connectivity index (χ1n) is 5.33. The quantitative estimate of drug-likeness (QED) is 0.886. The molecule has 0 saturated heterocycles. The van der Waals surface area contributed by atoms with Gasteiger partial charge in [-0.25, -0.2) is 0 Å². The van der Waals surface area contributed by atoms with Crippen molar-refractivity contribution in [3.05, 3.63) is 33.8 Å². The molecule has 0 aliphatic heterocycles. The average molecular weight is 275 g/mol. The standard InChI is InChI=1S/C12H16Cl2N2O/c1-12(2,11(17)16-4-3-15)8-5-9(13)7-10(14)6-8/h5-7H,3-4,15H2,1-2H3,(H,16,17). The molecule has 0 unspecified atom stereocenters. The number of hydrogen-bond acceptors (Lipinski definition) is 2. The molecule has 0 fully saturated rings. The van der Waals surface area contributed by atoms with Crippen molar-refractivity contribution in [1.82, 2.24) is 5.32 Å². The van der Waals surface area contributed by atoms with Crippen molar-refractivity contribution in [2.75, 3.05) is 13.1 Å². The number of nitrogens with one attached hydrogen (secondary N) is 1. The van der Waals surface area contributed by atoms with Gasteiger partial charge in [-0.05, 0) is 37.6 Å². The highest BCUT2D eigenvalue weighted by Crippen LogP contribution is 2.29. The van der Waals surface area contributed by atoms with Gasteiger partial charge in [0.2, 0.25) is 5.91 Å². The molecule has 0 bridgehead atoms. The average Bonchev–Trinajstić information content (AvgIpc) is 2.24. The lowest BCUT2D eigenvalue weighted by atomic mass is 9.83. The van der Waals surface area contributed by atoms with Gasteiger partial charge in [0.15, 0.2) is 0 Å². The van der Waals surface area contributed by atoms with Crippen LogP contribution in [0.3, 0.4) is 0 Å². The number of benzene rings is 1. The van der Waals surface area contributed by atoms with Crippen molar-refractivity contribution in [1.29, 1.82) is 0 Å². The molecule has 1 aromatic rings. The largest absolute Gasteiger partial charge is 0.354 e. The summed E-state index contributed by atoms with van der Waals surface area (Å²) in [4.78, 5) is 12.0. The van der Waals surface area contributed by atoms with Gasteiger partial charge in [0.25, 0.3) is 0 Å². The van der Waals surface area contributed by atoms with Crippen LogP contribution in [0, 0.1) is 0 Å². The first kappa shape index (κ1) is 14.3. The molecule has 1 rings (SSSR count). The molecule has 0 atom stereocenters. The molecule has 0 aromatic heterocycles. The van der Waals surface area contributed by atoms with E-state index in [1.165, 1.54) is 0 Å². The van der Waals surface area contributed by atoms with E-state index in [9.17, 15) is 4.79 Å². The summed E-state index contributed by atoms with van der Waals surface area (Å²) in [6.07, 6.45) is 0. The Balaban J connectivity index is 2.99. The van der Waals surface area contributed by atoms with E-state index in [4.69, 9.17) is 28.9 Å². The van der Waals surface area contributed by atoms with E-state index in [0.29, 0.717) is 23.1 Å². The smallest absolute Gasteiger partial charge is 0.230 e. The van der Waals surface area contributed by atoms with Crippen LogP contribution in [0.4, 0.5) is 0 Å². The van der Waals surface area contributed by atoms with E-state index >= 15 is 0 Å². The highest BCUT2D eigenvalue weighted by Gasteiger charge is 2.29. The molecule has 0 saturated carbocycles. The molecule has 94 valence electrons. The molecule has 3 N–H and O–H groups in total. The Morgan fingerprint density at radius 3 is 2.29 bits per heavy atom. The fraction of sp³-hybridized carbons (Fsp3) is 0.417. The normalized spacial score (nSPS) is 11.4. The monoisotopic (exact) mass is 274 g/mol. The Bertz CT molecular complexity index is 399. The van der Waals surface area contributed by atoms with Crippen LogP contribution in [-0.4, -0.2) is 19.0 Å². The third-order valence-electron chi connectivity index (χ3n) is 2.58. The van der Waals surface area contributed by atoms with E-state index in [2.05, 4.69) is 5.32 Å². The summed E-state index contributed by atoms with van der Waals surface area (Å²) in [5.41, 5.74) is 5.44. The van der Waals surface area contributed by atoms with Crippen LogP contribution < -0.4 is 11.1 Å². The summed E-state index contributed by atoms with van der Waals surface area (Å²) in [6, 6.07) is 5.13. The minimum absolute atomic E-state index is 0.0960. The molecular formula is C12H16Cl2N2O. The highest BCUT2D eigenvalue weighted by atomic mass is 35.5. The zero-order chi connectivity index (χ0) is 13.1. The number of amides is 1. The lowest BCUT2D eigenvalue weighted by molar-refractivity contribution is -0.125. The van der Waals surface area contributed by atoms with Gasteiger partial charge in [-0.1, -0.05) is 23.2 Å². The zero-order valence-electron chi connectivity index (χ0n) is 9.89. The minimum atomic E-state index is -0.691. The predicted molar refractivity (Wildman–Crippen MR) is 71.6 cm³/mol. The van der Waals surface area contributed by atoms with Crippen LogP contribution >= 0.6 is 23.2 Å². The second-order valence-corrected chi connectivity index (χ2v) is 5.20. The molecule has 0 heterocycles. The number of carbonyl (C=O) groups excluding carboxylic acids is 1. The SMILES string of the molecule is CC(C)(C(=O)NCCN)c1cc(Cl)cc(Cl)c1. The van der Waals surface area contributed by atoms with Gasteiger partial charge >= 0.3 is 0 Å². The second-order valence-electron chi connectivity index (χ2n) is 4.33. The topological polar surface area (TPSA) is 55.1 Å². The summed E-state index contributed by atoms with van der Waals surface area (Å²) in [6.45, 7) is 4.51. The van der Waals surface area contributed by atoms with Crippen molar-refractivity contribution in [3.8, 4) is 0 Å². The highest BCUT2D eigenvalue weighted by molar-refractivity contribution is 6.34. The number of hydrogen-bond donors (Lipinski definition) is 2. The van der Waals surface area contributed by atoms with Crippen molar-refractivity contribution in [2.24, 2.45) is 5.73 Å². The van der Waals surface area contributed by atoms with Crippen molar-refractivity contribution < 1.29 is 4.79 Å². The van der Waals surface area contributed by atoms with Crippen LogP contribution in [-0.2, 0) is 10.2 Å². The first-order chi connectivity index (χ1) is 7.87. The number of rotatable bonds is 4. The van der Waals surface area contributed by atoms with Gasteiger partial charge in [-0.3, -0.25) is 4.79 Å². The summed E-state index contributed by atoms with van der Waals surface area (Å²) >= 11 is 11.9. The lowest BCUT2D eigenvalue weighted by Crippen LogP contribution is -2.42. The molecule has 5 heteroatoms. The summed E-state index contributed by atoms with van der Waals surface area (Å²) in [5, 5.41) is 3.80. The number of carbonyl (C=O) groups is 1. The molecule has 0 radical (unpaired) electrons. The lowest BCUT2D eigenvalue weighted by Gasteiger charge is -2.24. The molecule has 3 nitrogen and oxygen atoms in total. The maximum atomic E-state index is 12.0. The van der Waals surface area contributed by atoms with Crippen LogP contribution in [0.1, 0.15) is 19.4 Å². The fourth-order valence-corrected chi connectivity index (χ4v) is 1.98. The predicted octanol–water partition coefficient (Wildman–Crippen LogP) is 2.35. The Morgan fingerprint density at radius 2 is 1.82 bits per heavy atom. The molecule has 0 aliphatic rings. The molecule has 1 aromatic carbocycles. The Morgan fingerprint density at radius 1 is 1.29 bits per heavy atom. The summed E-state index contributed by atoms with van der Waals surface area (Å²) in [5.74, 6) is -0.0960. The summed E-state index contributed by atoms with van der Waals surface area (Å²) < 4.78 is 0. The maximum Gasteiger partial charge on any atom is 0.230 e. The third kappa shape index (κ3) is 3.60. The zero-order valence-corrected chi connectivity index (χ0v) is 11.4. The molecule has 0 spiro atoms. The maximum absolute atomic E-state index is 12.0. The summed E-state index contributed by atoms with van der Waals surface area (Å²) in [7, 11) is 0. The van der Waals surface area contributed by atoms with Gasteiger partial charge < -0.3 is 11.1 Å². The van der Waals surface area contributed by atoms with Crippen molar-refractivity contribution in [2.45, 2.75) is 19.3 Å². The van der Waals surface area contributed by atoms with Gasteiger partial charge in [0.05, 0.1) is 5.41 Å². The molecular weight excluding hydrogens is 259 g/mol. The molecule has 17 heavy (non-hydrogen) atoms. The van der Waals surface area contributed by atoms with Gasteiger partial charge in [-0.15, -0.1) is 0 Å². The number of nitrogens with two attached hydrogens (primary N) is 1. The minimum Gasteiger partial charge on any atom is -0.354 e. The first-order valence-corrected chi connectivity index (χ1v) is 6.08. The Kier molecular flexibility index (Phi) is 4.80. The van der Waals surface area contributed by atoms with Crippen LogP contribution in [0.15, 0.2) is 18.2 Å². The molecule has 1 amide bonds. The van der Waals surface area contributed by atoms with Crippen LogP contribution in [0.2, 0.25) is 10.0 Å². The molecule has 0 aliphatic carbocycles. The van der Waals surface area contributed by atoms with Gasteiger partial charge in [0, 0.05) is 23.1 Å². The van der Waals surface area contributed by atoms with E-state index in [0.717, 1.165) is 5.56 Å². The van der Waals surface area contributed by atoms with E-state index in [1.54, 1.807) is 18.2 Å². The Labute approximate surface area is 111 Å². The van der Waals surface area contributed by atoms with Gasteiger partial charge in [-0.2, -0.15) is 0 Å². The van der Waals surface area contributed by atoms with Crippen molar-refractivity contribution >= 4 is 29.1 Å². The van der Waals surface area contributed by atoms with E-state index in [1.807, 2.05) is 13.8 Å². The third-order valence-corrected chi connectivity index (χ3v) is 3.02. The van der Waals surface area contributed by atoms with E-state index < -0.39 is 5.41 Å². The Hall–Kier alpha value is -0.770. The van der Waals surface area contributed by atoms with Gasteiger partial charge in [0.1, 0.15) is 0 Å². The fourth-order valence-electron chi connectivity index (χ4n) is 1.45. The second kappa shape index (κ2) is 5.71. The number of halogens is 2. The van der Waals surface area contributed by atoms with Crippen LogP contribution in [0.25, 0.3) is 0 Å². The van der Waals surface area contributed by atoms with E-state index in [-0.39, 0.29) is 5.91 Å². The van der Waals surface area contributed by atoms with Crippen LogP contribution in [0.5, 0.6) is 0 Å².